The van der Waals surface area contributed by atoms with E-state index in [9.17, 15) is 5.11 Å². The summed E-state index contributed by atoms with van der Waals surface area (Å²) in [7, 11) is 0. The van der Waals surface area contributed by atoms with Gasteiger partial charge >= 0.3 is 0 Å². The molecule has 0 radical (unpaired) electrons. The normalized spacial score (nSPS) is 21.7. The smallest absolute Gasteiger partial charge is 0.129 e. The van der Waals surface area contributed by atoms with Crippen LogP contribution in [0.3, 0.4) is 0 Å². The number of hydrogen-bond donors (Lipinski definition) is 1. The van der Waals surface area contributed by atoms with Crippen LogP contribution in [0, 0.1) is 16.7 Å². The molecule has 1 aliphatic rings. The number of rotatable bonds is 4. The number of aliphatic hydroxyl groups excluding tert-OH is 1. The second-order valence-electron chi connectivity index (χ2n) is 6.18. The monoisotopic (exact) mass is 285 g/mol. The molecule has 4 heteroatoms. The molecule has 1 aliphatic heterocycles. The number of hydrogen-bond acceptors (Lipinski definition) is 4. The van der Waals surface area contributed by atoms with Gasteiger partial charge in [-0.15, -0.1) is 0 Å². The highest BCUT2D eigenvalue weighted by molar-refractivity contribution is 5.45. The van der Waals surface area contributed by atoms with Crippen LogP contribution >= 0.6 is 0 Å². The van der Waals surface area contributed by atoms with E-state index in [-0.39, 0.29) is 12.0 Å². The van der Waals surface area contributed by atoms with Crippen LogP contribution in [0.4, 0.5) is 5.82 Å². The minimum atomic E-state index is -0.0974. The number of nitrogens with zero attached hydrogens (tertiary/aromatic N) is 3. The van der Waals surface area contributed by atoms with E-state index >= 15 is 0 Å². The molecule has 1 aromatic rings. The van der Waals surface area contributed by atoms with Gasteiger partial charge in [0.05, 0.1) is 18.2 Å². The molecule has 1 aromatic heterocycles. The van der Waals surface area contributed by atoms with Crippen molar-refractivity contribution in [3.8, 4) is 6.07 Å². The molecule has 21 heavy (non-hydrogen) atoms. The summed E-state index contributed by atoms with van der Waals surface area (Å²) in [5.41, 5.74) is 1.81. The van der Waals surface area contributed by atoms with E-state index in [1.165, 1.54) is 5.57 Å². The first-order valence-electron chi connectivity index (χ1n) is 7.44. The van der Waals surface area contributed by atoms with Crippen molar-refractivity contribution in [3.63, 3.8) is 0 Å². The van der Waals surface area contributed by atoms with Crippen molar-refractivity contribution in [2.24, 2.45) is 5.41 Å². The van der Waals surface area contributed by atoms with Gasteiger partial charge in [-0.25, -0.2) is 4.98 Å². The summed E-state index contributed by atoms with van der Waals surface area (Å²) in [4.78, 5) is 6.58. The predicted molar refractivity (Wildman–Crippen MR) is 84.0 cm³/mol. The second kappa shape index (κ2) is 6.73. The highest BCUT2D eigenvalue weighted by Gasteiger charge is 2.34. The van der Waals surface area contributed by atoms with Crippen LogP contribution in [0.2, 0.25) is 0 Å². The standard InChI is InChI=1S/C17H23N3O/c1-14(2)4-7-17(13-21)6-3-9-20(12-17)16-10-15(11-18)5-8-19-16/h4-5,8,10,21H,3,6-7,9,12-13H2,1-2H3. The predicted octanol–water partition coefficient (Wildman–Crippen LogP) is 2.89. The number of allylic oxidation sites excluding steroid dienone is 2. The summed E-state index contributed by atoms with van der Waals surface area (Å²) in [6.07, 6.45) is 6.84. The largest absolute Gasteiger partial charge is 0.396 e. The summed E-state index contributed by atoms with van der Waals surface area (Å²) in [6.45, 7) is 6.08. The fourth-order valence-corrected chi connectivity index (χ4v) is 2.85. The zero-order valence-corrected chi connectivity index (χ0v) is 12.8. The third-order valence-electron chi connectivity index (χ3n) is 4.14. The maximum absolute atomic E-state index is 9.89. The number of anilines is 1. The maximum Gasteiger partial charge on any atom is 0.129 e. The lowest BCUT2D eigenvalue weighted by Gasteiger charge is -2.42. The molecule has 1 atom stereocenters. The third kappa shape index (κ3) is 3.83. The Kier molecular flexibility index (Phi) is 4.98. The van der Waals surface area contributed by atoms with Gasteiger partial charge in [0.1, 0.15) is 5.82 Å². The Morgan fingerprint density at radius 3 is 3.05 bits per heavy atom. The summed E-state index contributed by atoms with van der Waals surface area (Å²) in [5, 5.41) is 18.9. The van der Waals surface area contributed by atoms with E-state index < -0.39 is 0 Å². The lowest BCUT2D eigenvalue weighted by Crippen LogP contribution is -2.45. The van der Waals surface area contributed by atoms with Crippen molar-refractivity contribution in [1.29, 1.82) is 5.26 Å². The molecule has 2 rings (SSSR count). The molecular formula is C17H23N3O. The van der Waals surface area contributed by atoms with Crippen LogP contribution in [0.5, 0.6) is 0 Å². The fourth-order valence-electron chi connectivity index (χ4n) is 2.85. The van der Waals surface area contributed by atoms with E-state index in [0.29, 0.717) is 5.56 Å². The Balaban J connectivity index is 2.19. The van der Waals surface area contributed by atoms with Crippen LogP contribution in [0.1, 0.15) is 38.7 Å². The Morgan fingerprint density at radius 1 is 1.57 bits per heavy atom. The number of nitriles is 1. The van der Waals surface area contributed by atoms with Crippen molar-refractivity contribution in [2.45, 2.75) is 33.1 Å². The van der Waals surface area contributed by atoms with Crippen molar-refractivity contribution in [1.82, 2.24) is 4.98 Å². The molecule has 4 nitrogen and oxygen atoms in total. The molecule has 0 spiro atoms. The number of piperidine rings is 1. The first kappa shape index (κ1) is 15.5. The molecule has 0 amide bonds. The van der Waals surface area contributed by atoms with Crippen molar-refractivity contribution in [2.75, 3.05) is 24.6 Å². The van der Waals surface area contributed by atoms with Crippen molar-refractivity contribution >= 4 is 5.82 Å². The first-order chi connectivity index (χ1) is 10.1. The third-order valence-corrected chi connectivity index (χ3v) is 4.14. The summed E-state index contributed by atoms with van der Waals surface area (Å²) in [6, 6.07) is 5.70. The van der Waals surface area contributed by atoms with Gasteiger partial charge in [-0.2, -0.15) is 5.26 Å². The Morgan fingerprint density at radius 2 is 2.38 bits per heavy atom. The van der Waals surface area contributed by atoms with Gasteiger partial charge in [0.25, 0.3) is 0 Å². The van der Waals surface area contributed by atoms with E-state index in [2.05, 4.69) is 35.9 Å². The van der Waals surface area contributed by atoms with E-state index in [1.54, 1.807) is 12.3 Å². The lowest BCUT2D eigenvalue weighted by atomic mass is 9.77. The Labute approximate surface area is 126 Å². The lowest BCUT2D eigenvalue weighted by molar-refractivity contribution is 0.108. The topological polar surface area (TPSA) is 60.1 Å². The summed E-state index contributed by atoms with van der Waals surface area (Å²) in [5.74, 6) is 0.837. The highest BCUT2D eigenvalue weighted by atomic mass is 16.3. The molecule has 0 bridgehead atoms. The number of aliphatic hydroxyl groups is 1. The van der Waals surface area contributed by atoms with Gasteiger partial charge < -0.3 is 10.0 Å². The van der Waals surface area contributed by atoms with Gasteiger partial charge in [0, 0.05) is 24.7 Å². The fraction of sp³-hybridized carbons (Fsp3) is 0.529. The number of pyridine rings is 1. The van der Waals surface area contributed by atoms with Crippen LogP contribution in [0.15, 0.2) is 30.0 Å². The molecule has 112 valence electrons. The molecular weight excluding hydrogens is 262 g/mol. The maximum atomic E-state index is 9.89. The molecule has 1 saturated heterocycles. The number of aromatic nitrogens is 1. The zero-order valence-electron chi connectivity index (χ0n) is 12.8. The van der Waals surface area contributed by atoms with Crippen molar-refractivity contribution < 1.29 is 5.11 Å². The van der Waals surface area contributed by atoms with Crippen LogP contribution in [-0.4, -0.2) is 29.8 Å². The van der Waals surface area contributed by atoms with Crippen molar-refractivity contribution in [3.05, 3.63) is 35.5 Å². The Hall–Kier alpha value is -1.86. The van der Waals surface area contributed by atoms with Gasteiger partial charge in [-0.1, -0.05) is 11.6 Å². The minimum Gasteiger partial charge on any atom is -0.396 e. The average molecular weight is 285 g/mol. The first-order valence-corrected chi connectivity index (χ1v) is 7.44. The van der Waals surface area contributed by atoms with E-state index in [1.807, 2.05) is 6.07 Å². The minimum absolute atomic E-state index is 0.0974. The van der Waals surface area contributed by atoms with E-state index in [0.717, 1.165) is 38.2 Å². The molecule has 0 saturated carbocycles. The zero-order chi connectivity index (χ0) is 15.3. The SMILES string of the molecule is CC(C)=CCC1(CO)CCCN(c2cc(C#N)ccn2)C1. The quantitative estimate of drug-likeness (QED) is 0.864. The van der Waals surface area contributed by atoms with Gasteiger partial charge in [-0.3, -0.25) is 0 Å². The van der Waals surface area contributed by atoms with Crippen LogP contribution < -0.4 is 4.90 Å². The van der Waals surface area contributed by atoms with Gasteiger partial charge in [0.2, 0.25) is 0 Å². The van der Waals surface area contributed by atoms with Gasteiger partial charge in [0.15, 0.2) is 0 Å². The van der Waals surface area contributed by atoms with Crippen LogP contribution in [0.25, 0.3) is 0 Å². The summed E-state index contributed by atoms with van der Waals surface area (Å²) < 4.78 is 0. The van der Waals surface area contributed by atoms with Crippen LogP contribution in [-0.2, 0) is 0 Å². The van der Waals surface area contributed by atoms with Gasteiger partial charge in [-0.05, 0) is 45.2 Å². The molecule has 0 aromatic carbocycles. The summed E-state index contributed by atoms with van der Waals surface area (Å²) >= 11 is 0. The Bertz CT molecular complexity index is 557. The van der Waals surface area contributed by atoms with E-state index in [4.69, 9.17) is 5.26 Å². The second-order valence-corrected chi connectivity index (χ2v) is 6.18. The molecule has 1 fully saturated rings. The highest BCUT2D eigenvalue weighted by Crippen LogP contribution is 2.35. The molecule has 1 unspecified atom stereocenters. The molecule has 1 N–H and O–H groups in total. The molecule has 2 heterocycles. The molecule has 0 aliphatic carbocycles. The average Bonchev–Trinajstić information content (AvgIpc) is 2.53.